The molecule has 0 N–H and O–H groups in total. The zero-order chi connectivity index (χ0) is 17.1. The number of halogens is 3. The van der Waals surface area contributed by atoms with Gasteiger partial charge in [-0.1, -0.05) is 44.2 Å². The smallest absolute Gasteiger partial charge is 0.145 e. The van der Waals surface area contributed by atoms with Gasteiger partial charge in [-0.15, -0.1) is 0 Å². The van der Waals surface area contributed by atoms with Gasteiger partial charge in [-0.05, 0) is 79.9 Å². The van der Waals surface area contributed by atoms with E-state index < -0.39 is 11.6 Å². The summed E-state index contributed by atoms with van der Waals surface area (Å²) in [5.41, 5.74) is 0.791. The monoisotopic (exact) mass is 354 g/mol. The molecule has 0 saturated heterocycles. The lowest BCUT2D eigenvalue weighted by Crippen LogP contribution is -2.25. The predicted octanol–water partition coefficient (Wildman–Crippen LogP) is 7.50. The molecule has 2 aliphatic rings. The molecule has 2 fully saturated rings. The van der Waals surface area contributed by atoms with Crippen LogP contribution in [0.1, 0.15) is 82.6 Å². The topological polar surface area (TPSA) is 0 Å². The molecular formula is C21H29ClF2. The molecule has 0 atom stereocenters. The van der Waals surface area contributed by atoms with Gasteiger partial charge >= 0.3 is 0 Å². The van der Waals surface area contributed by atoms with E-state index in [1.54, 1.807) is 0 Å². The normalized spacial score (nSPS) is 31.2. The van der Waals surface area contributed by atoms with Gasteiger partial charge in [0.2, 0.25) is 0 Å². The van der Waals surface area contributed by atoms with Crippen LogP contribution in [0.25, 0.3) is 0 Å². The molecule has 0 radical (unpaired) electrons. The Hall–Kier alpha value is -0.630. The molecule has 24 heavy (non-hydrogen) atoms. The van der Waals surface area contributed by atoms with Crippen LogP contribution in [0.5, 0.6) is 0 Å². The summed E-state index contributed by atoms with van der Waals surface area (Å²) in [7, 11) is 0. The van der Waals surface area contributed by atoms with E-state index in [1.807, 2.05) is 0 Å². The van der Waals surface area contributed by atoms with Gasteiger partial charge in [-0.3, -0.25) is 0 Å². The highest BCUT2D eigenvalue weighted by Crippen LogP contribution is 2.44. The lowest BCUT2D eigenvalue weighted by Gasteiger charge is -2.38. The minimum Gasteiger partial charge on any atom is -0.205 e. The molecule has 2 saturated carbocycles. The Balaban J connectivity index is 1.53. The zero-order valence-electron chi connectivity index (χ0n) is 14.7. The van der Waals surface area contributed by atoms with Crippen molar-refractivity contribution in [3.63, 3.8) is 0 Å². The Labute approximate surface area is 150 Å². The van der Waals surface area contributed by atoms with Crippen LogP contribution in [-0.2, 0) is 0 Å². The average Bonchev–Trinajstić information content (AvgIpc) is 2.60. The van der Waals surface area contributed by atoms with E-state index in [-0.39, 0.29) is 5.02 Å². The molecule has 0 aromatic heterocycles. The third-order valence-electron chi connectivity index (χ3n) is 6.50. The molecule has 0 unspecified atom stereocenters. The van der Waals surface area contributed by atoms with Gasteiger partial charge in [0.15, 0.2) is 0 Å². The van der Waals surface area contributed by atoms with Crippen LogP contribution in [0.15, 0.2) is 12.1 Å². The fourth-order valence-corrected chi connectivity index (χ4v) is 5.20. The van der Waals surface area contributed by atoms with Crippen molar-refractivity contribution in [1.82, 2.24) is 0 Å². The summed E-state index contributed by atoms with van der Waals surface area (Å²) in [5.74, 6) is 1.72. The SMILES string of the molecule is CCCC1CCC(C2CCC(c3cc(F)c(Cl)c(F)c3)CC2)CC1. The number of benzene rings is 1. The minimum atomic E-state index is -0.622. The van der Waals surface area contributed by atoms with Crippen molar-refractivity contribution in [1.29, 1.82) is 0 Å². The lowest BCUT2D eigenvalue weighted by atomic mass is 9.68. The van der Waals surface area contributed by atoms with Crippen LogP contribution in [0.4, 0.5) is 8.78 Å². The van der Waals surface area contributed by atoms with Gasteiger partial charge in [0.05, 0.1) is 0 Å². The van der Waals surface area contributed by atoms with Crippen molar-refractivity contribution in [2.75, 3.05) is 0 Å². The zero-order valence-corrected chi connectivity index (χ0v) is 15.4. The number of hydrogen-bond donors (Lipinski definition) is 0. The van der Waals surface area contributed by atoms with E-state index in [9.17, 15) is 8.78 Å². The molecular weight excluding hydrogens is 326 g/mol. The Bertz CT molecular complexity index is 518. The summed E-state index contributed by atoms with van der Waals surface area (Å²) < 4.78 is 27.4. The largest absolute Gasteiger partial charge is 0.205 e. The second-order valence-corrected chi connectivity index (χ2v) is 8.36. The maximum absolute atomic E-state index is 13.7. The first kappa shape index (κ1) is 18.2. The van der Waals surface area contributed by atoms with Gasteiger partial charge in [-0.2, -0.15) is 0 Å². The van der Waals surface area contributed by atoms with Crippen molar-refractivity contribution in [3.8, 4) is 0 Å². The summed E-state index contributed by atoms with van der Waals surface area (Å²) in [6, 6.07) is 2.87. The Morgan fingerprint density at radius 3 is 1.88 bits per heavy atom. The summed E-state index contributed by atoms with van der Waals surface area (Å²) >= 11 is 5.60. The van der Waals surface area contributed by atoms with Crippen molar-refractivity contribution in [2.24, 2.45) is 17.8 Å². The maximum atomic E-state index is 13.7. The van der Waals surface area contributed by atoms with Crippen LogP contribution in [0.2, 0.25) is 5.02 Å². The number of hydrogen-bond acceptors (Lipinski definition) is 0. The van der Waals surface area contributed by atoms with E-state index in [0.29, 0.717) is 5.92 Å². The van der Waals surface area contributed by atoms with Crippen molar-refractivity contribution >= 4 is 11.6 Å². The average molecular weight is 355 g/mol. The standard InChI is InChI=1S/C21H29ClF2/c1-2-3-14-4-6-15(7-5-14)16-8-10-17(11-9-16)18-12-19(23)21(22)20(24)13-18/h12-17H,2-11H2,1H3. The van der Waals surface area contributed by atoms with Crippen LogP contribution in [-0.4, -0.2) is 0 Å². The summed E-state index contributed by atoms with van der Waals surface area (Å²) in [6.45, 7) is 2.29. The molecule has 0 heterocycles. The van der Waals surface area contributed by atoms with E-state index in [2.05, 4.69) is 6.92 Å². The highest BCUT2D eigenvalue weighted by molar-refractivity contribution is 6.30. The second-order valence-electron chi connectivity index (χ2n) is 7.98. The molecule has 0 bridgehead atoms. The molecule has 1 aromatic rings. The summed E-state index contributed by atoms with van der Waals surface area (Å²) in [4.78, 5) is 0. The first-order valence-electron chi connectivity index (χ1n) is 9.72. The molecule has 0 aliphatic heterocycles. The first-order valence-corrected chi connectivity index (χ1v) is 10.1. The quantitative estimate of drug-likeness (QED) is 0.491. The molecule has 134 valence electrons. The molecule has 3 heteroatoms. The van der Waals surface area contributed by atoms with Crippen LogP contribution in [0.3, 0.4) is 0 Å². The highest BCUT2D eigenvalue weighted by Gasteiger charge is 2.31. The third-order valence-corrected chi connectivity index (χ3v) is 6.87. The summed E-state index contributed by atoms with van der Waals surface area (Å²) in [6.07, 6.45) is 12.8. The minimum absolute atomic E-state index is 0.291. The Morgan fingerprint density at radius 2 is 1.38 bits per heavy atom. The van der Waals surface area contributed by atoms with Gasteiger partial charge < -0.3 is 0 Å². The predicted molar refractivity (Wildman–Crippen MR) is 96.4 cm³/mol. The van der Waals surface area contributed by atoms with Crippen molar-refractivity contribution in [3.05, 3.63) is 34.4 Å². The van der Waals surface area contributed by atoms with Crippen molar-refractivity contribution in [2.45, 2.75) is 77.0 Å². The molecule has 2 aliphatic carbocycles. The van der Waals surface area contributed by atoms with E-state index in [1.165, 1.54) is 63.5 Å². The Morgan fingerprint density at radius 1 is 0.875 bits per heavy atom. The van der Waals surface area contributed by atoms with Crippen LogP contribution < -0.4 is 0 Å². The highest BCUT2D eigenvalue weighted by atomic mass is 35.5. The molecule has 3 rings (SSSR count). The third kappa shape index (κ3) is 4.12. The lowest BCUT2D eigenvalue weighted by molar-refractivity contribution is 0.156. The molecule has 1 aromatic carbocycles. The molecule has 0 spiro atoms. The fourth-order valence-electron chi connectivity index (χ4n) is 5.09. The Kier molecular flexibility index (Phi) is 6.18. The van der Waals surface area contributed by atoms with E-state index >= 15 is 0 Å². The second kappa shape index (κ2) is 8.17. The van der Waals surface area contributed by atoms with E-state index in [0.717, 1.165) is 36.2 Å². The van der Waals surface area contributed by atoms with Crippen LogP contribution in [0, 0.1) is 29.4 Å². The van der Waals surface area contributed by atoms with Gasteiger partial charge in [0.25, 0.3) is 0 Å². The van der Waals surface area contributed by atoms with Gasteiger partial charge in [-0.25, -0.2) is 8.78 Å². The molecule has 0 nitrogen and oxygen atoms in total. The van der Waals surface area contributed by atoms with E-state index in [4.69, 9.17) is 11.6 Å². The van der Waals surface area contributed by atoms with Crippen molar-refractivity contribution < 1.29 is 8.78 Å². The summed E-state index contributed by atoms with van der Waals surface area (Å²) in [5, 5.41) is -0.378. The van der Waals surface area contributed by atoms with Gasteiger partial charge in [0.1, 0.15) is 16.7 Å². The van der Waals surface area contributed by atoms with Gasteiger partial charge in [0, 0.05) is 0 Å². The maximum Gasteiger partial charge on any atom is 0.145 e. The fraction of sp³-hybridized carbons (Fsp3) is 0.714. The number of rotatable bonds is 4. The van der Waals surface area contributed by atoms with Crippen LogP contribution >= 0.6 is 11.6 Å². The molecule has 0 amide bonds. The first-order chi connectivity index (χ1) is 11.6.